The molecule has 0 aliphatic rings. The quantitative estimate of drug-likeness (QED) is 0.862. The molecule has 118 valence electrons. The summed E-state index contributed by atoms with van der Waals surface area (Å²) < 4.78 is 2.05. The molecule has 1 aromatic carbocycles. The standard InChI is InChI=1S/C17H23N3O2/c1-4-20-9-8-18-17(20)13-6-5-7-14(10-13)19-16(22)11-15(21)12(2)3/h5-10,12,15,21H,4,11H2,1-3H3,(H,19,22). The van der Waals surface area contributed by atoms with Crippen LogP contribution >= 0.6 is 0 Å². The van der Waals surface area contributed by atoms with Gasteiger partial charge in [-0.3, -0.25) is 4.79 Å². The van der Waals surface area contributed by atoms with Crippen LogP contribution in [0.5, 0.6) is 0 Å². The summed E-state index contributed by atoms with van der Waals surface area (Å²) in [5.41, 5.74) is 1.66. The molecule has 1 amide bonds. The number of aliphatic hydroxyl groups excluding tert-OH is 1. The number of nitrogens with one attached hydrogen (secondary N) is 1. The predicted molar refractivity (Wildman–Crippen MR) is 87.4 cm³/mol. The van der Waals surface area contributed by atoms with Crippen LogP contribution in [0.25, 0.3) is 11.4 Å². The summed E-state index contributed by atoms with van der Waals surface area (Å²) in [7, 11) is 0. The van der Waals surface area contributed by atoms with Crippen LogP contribution in [0, 0.1) is 5.92 Å². The Hall–Kier alpha value is -2.14. The Kier molecular flexibility index (Phi) is 5.33. The molecule has 2 rings (SSSR count). The monoisotopic (exact) mass is 301 g/mol. The number of aliphatic hydroxyl groups is 1. The minimum absolute atomic E-state index is 0.0640. The van der Waals surface area contributed by atoms with Crippen molar-refractivity contribution in [3.05, 3.63) is 36.7 Å². The van der Waals surface area contributed by atoms with E-state index in [9.17, 15) is 9.90 Å². The fourth-order valence-electron chi connectivity index (χ4n) is 2.20. The van der Waals surface area contributed by atoms with Gasteiger partial charge in [0.1, 0.15) is 5.82 Å². The van der Waals surface area contributed by atoms with E-state index in [0.717, 1.165) is 17.9 Å². The van der Waals surface area contributed by atoms with Crippen LogP contribution in [0.15, 0.2) is 36.7 Å². The number of aromatic nitrogens is 2. The highest BCUT2D eigenvalue weighted by Crippen LogP contribution is 2.21. The zero-order valence-corrected chi connectivity index (χ0v) is 13.3. The van der Waals surface area contributed by atoms with Crippen molar-refractivity contribution >= 4 is 11.6 Å². The van der Waals surface area contributed by atoms with Gasteiger partial charge in [0.15, 0.2) is 0 Å². The minimum atomic E-state index is -0.623. The zero-order valence-electron chi connectivity index (χ0n) is 13.3. The molecule has 0 spiro atoms. The van der Waals surface area contributed by atoms with Crippen molar-refractivity contribution < 1.29 is 9.90 Å². The average molecular weight is 301 g/mol. The highest BCUT2D eigenvalue weighted by atomic mass is 16.3. The molecule has 2 N–H and O–H groups in total. The van der Waals surface area contributed by atoms with Crippen molar-refractivity contribution in [3.63, 3.8) is 0 Å². The Labute approximate surface area is 131 Å². The van der Waals surface area contributed by atoms with Gasteiger partial charge in [-0.15, -0.1) is 0 Å². The van der Waals surface area contributed by atoms with E-state index < -0.39 is 6.10 Å². The van der Waals surface area contributed by atoms with Gasteiger partial charge >= 0.3 is 0 Å². The number of aryl methyl sites for hydroxylation is 1. The largest absolute Gasteiger partial charge is 0.392 e. The molecule has 2 aromatic rings. The lowest BCUT2D eigenvalue weighted by atomic mass is 10.0. The second-order valence-corrected chi connectivity index (χ2v) is 5.68. The summed E-state index contributed by atoms with van der Waals surface area (Å²) in [6, 6.07) is 7.59. The average Bonchev–Trinajstić information content (AvgIpc) is 2.95. The molecule has 0 fully saturated rings. The molecule has 1 heterocycles. The smallest absolute Gasteiger partial charge is 0.226 e. The molecule has 0 bridgehead atoms. The van der Waals surface area contributed by atoms with Crippen LogP contribution in [0.4, 0.5) is 5.69 Å². The van der Waals surface area contributed by atoms with Crippen molar-refractivity contribution in [2.24, 2.45) is 5.92 Å². The van der Waals surface area contributed by atoms with E-state index in [1.54, 1.807) is 6.20 Å². The molecule has 5 heteroatoms. The minimum Gasteiger partial charge on any atom is -0.392 e. The molecular weight excluding hydrogens is 278 g/mol. The van der Waals surface area contributed by atoms with Crippen LogP contribution in [-0.4, -0.2) is 26.7 Å². The van der Waals surface area contributed by atoms with Crippen molar-refractivity contribution in [3.8, 4) is 11.4 Å². The second kappa shape index (κ2) is 7.22. The highest BCUT2D eigenvalue weighted by Gasteiger charge is 2.14. The van der Waals surface area contributed by atoms with Gasteiger partial charge in [0.2, 0.25) is 5.91 Å². The van der Waals surface area contributed by atoms with Crippen LogP contribution in [0.3, 0.4) is 0 Å². The van der Waals surface area contributed by atoms with Gasteiger partial charge in [0, 0.05) is 30.2 Å². The summed E-state index contributed by atoms with van der Waals surface area (Å²) in [4.78, 5) is 16.3. The maximum Gasteiger partial charge on any atom is 0.226 e. The molecule has 1 atom stereocenters. The van der Waals surface area contributed by atoms with Gasteiger partial charge in [0.05, 0.1) is 12.5 Å². The Bertz CT molecular complexity index is 634. The lowest BCUT2D eigenvalue weighted by molar-refractivity contribution is -0.118. The molecule has 0 aliphatic heterocycles. The van der Waals surface area contributed by atoms with Gasteiger partial charge < -0.3 is 15.0 Å². The second-order valence-electron chi connectivity index (χ2n) is 5.68. The lowest BCUT2D eigenvalue weighted by Gasteiger charge is -2.14. The number of hydrogen-bond donors (Lipinski definition) is 2. The van der Waals surface area contributed by atoms with Crippen LogP contribution in [-0.2, 0) is 11.3 Å². The van der Waals surface area contributed by atoms with Crippen LogP contribution < -0.4 is 5.32 Å². The van der Waals surface area contributed by atoms with Crippen molar-refractivity contribution in [1.29, 1.82) is 0 Å². The summed E-state index contributed by atoms with van der Waals surface area (Å²) in [6.45, 7) is 6.68. The van der Waals surface area contributed by atoms with E-state index in [4.69, 9.17) is 0 Å². The van der Waals surface area contributed by atoms with E-state index in [-0.39, 0.29) is 18.2 Å². The van der Waals surface area contributed by atoms with E-state index in [1.165, 1.54) is 0 Å². The number of carbonyl (C=O) groups is 1. The Balaban J connectivity index is 2.11. The molecule has 0 radical (unpaired) electrons. The van der Waals surface area contributed by atoms with Gasteiger partial charge in [-0.1, -0.05) is 26.0 Å². The van der Waals surface area contributed by atoms with E-state index >= 15 is 0 Å². The molecule has 0 aliphatic carbocycles. The first kappa shape index (κ1) is 16.2. The fraction of sp³-hybridized carbons (Fsp3) is 0.412. The van der Waals surface area contributed by atoms with Crippen molar-refractivity contribution in [2.75, 3.05) is 5.32 Å². The van der Waals surface area contributed by atoms with Crippen molar-refractivity contribution in [1.82, 2.24) is 9.55 Å². The fourth-order valence-corrected chi connectivity index (χ4v) is 2.20. The zero-order chi connectivity index (χ0) is 16.1. The molecular formula is C17H23N3O2. The SMILES string of the molecule is CCn1ccnc1-c1cccc(NC(=O)CC(O)C(C)C)c1. The molecule has 1 aromatic heterocycles. The first-order valence-corrected chi connectivity index (χ1v) is 7.60. The third-order valence-corrected chi connectivity index (χ3v) is 3.62. The first-order valence-electron chi connectivity index (χ1n) is 7.60. The molecule has 5 nitrogen and oxygen atoms in total. The van der Waals surface area contributed by atoms with Crippen LogP contribution in [0.2, 0.25) is 0 Å². The Morgan fingerprint density at radius 3 is 2.86 bits per heavy atom. The van der Waals surface area contributed by atoms with Gasteiger partial charge in [-0.25, -0.2) is 4.98 Å². The highest BCUT2D eigenvalue weighted by molar-refractivity contribution is 5.91. The van der Waals surface area contributed by atoms with Gasteiger partial charge in [-0.2, -0.15) is 0 Å². The van der Waals surface area contributed by atoms with E-state index in [2.05, 4.69) is 17.2 Å². The maximum atomic E-state index is 12.0. The topological polar surface area (TPSA) is 67.2 Å². The number of rotatable bonds is 6. The third-order valence-electron chi connectivity index (χ3n) is 3.62. The number of anilines is 1. The number of benzene rings is 1. The van der Waals surface area contributed by atoms with Crippen LogP contribution in [0.1, 0.15) is 27.2 Å². The number of hydrogen-bond acceptors (Lipinski definition) is 3. The Morgan fingerprint density at radius 2 is 2.18 bits per heavy atom. The molecule has 0 saturated carbocycles. The first-order chi connectivity index (χ1) is 10.5. The van der Waals surface area contributed by atoms with Gasteiger partial charge in [0.25, 0.3) is 0 Å². The van der Waals surface area contributed by atoms with E-state index in [1.807, 2.05) is 48.9 Å². The summed E-state index contributed by atoms with van der Waals surface area (Å²) in [5, 5.41) is 12.6. The predicted octanol–water partition coefficient (Wildman–Crippen LogP) is 2.92. The number of amides is 1. The number of nitrogens with zero attached hydrogens (tertiary/aromatic N) is 2. The summed E-state index contributed by atoms with van der Waals surface area (Å²) >= 11 is 0. The van der Waals surface area contributed by atoms with E-state index in [0.29, 0.717) is 5.69 Å². The van der Waals surface area contributed by atoms with Crippen molar-refractivity contribution in [2.45, 2.75) is 39.8 Å². The third kappa shape index (κ3) is 3.95. The number of imidazole rings is 1. The lowest BCUT2D eigenvalue weighted by Crippen LogP contribution is -2.23. The molecule has 1 unspecified atom stereocenters. The summed E-state index contributed by atoms with van der Waals surface area (Å²) in [6.07, 6.45) is 3.18. The Morgan fingerprint density at radius 1 is 1.41 bits per heavy atom. The van der Waals surface area contributed by atoms with Gasteiger partial charge in [-0.05, 0) is 25.0 Å². The molecule has 22 heavy (non-hydrogen) atoms. The normalized spacial score (nSPS) is 12.4. The maximum absolute atomic E-state index is 12.0. The number of carbonyl (C=O) groups excluding carboxylic acids is 1. The summed E-state index contributed by atoms with van der Waals surface area (Å²) in [5.74, 6) is 0.757. The molecule has 0 saturated heterocycles.